The van der Waals surface area contributed by atoms with E-state index in [0.717, 1.165) is 0 Å². The number of benzene rings is 1. The minimum absolute atomic E-state index is 0.0880. The van der Waals surface area contributed by atoms with E-state index in [1.807, 2.05) is 6.07 Å². The van der Waals surface area contributed by atoms with Gasteiger partial charge in [0.2, 0.25) is 0 Å². The third-order valence-corrected chi connectivity index (χ3v) is 1.92. The van der Waals surface area contributed by atoms with Gasteiger partial charge < -0.3 is 9.47 Å². The van der Waals surface area contributed by atoms with Crippen molar-refractivity contribution in [3.8, 4) is 5.75 Å². The van der Waals surface area contributed by atoms with E-state index in [-0.39, 0.29) is 6.10 Å². The number of azide groups is 1. The van der Waals surface area contributed by atoms with Crippen LogP contribution in [0.1, 0.15) is 0 Å². The van der Waals surface area contributed by atoms with Crippen LogP contribution in [0.2, 0.25) is 0 Å². The van der Waals surface area contributed by atoms with E-state index >= 15 is 0 Å². The fourth-order valence-corrected chi connectivity index (χ4v) is 1.15. The van der Waals surface area contributed by atoms with Crippen LogP contribution < -0.4 is 4.74 Å². The molecule has 0 aromatic heterocycles. The van der Waals surface area contributed by atoms with Crippen molar-refractivity contribution in [1.29, 1.82) is 0 Å². The highest BCUT2D eigenvalue weighted by Crippen LogP contribution is 2.28. The van der Waals surface area contributed by atoms with Gasteiger partial charge in [0.05, 0.1) is 18.9 Å². The molecule has 0 aliphatic carbocycles. The van der Waals surface area contributed by atoms with Gasteiger partial charge in [-0.25, -0.2) is 0 Å². The fraction of sp³-hybridized carbons (Fsp3) is 0.333. The molecule has 0 unspecified atom stereocenters. The second-order valence-corrected chi connectivity index (χ2v) is 2.93. The number of hydrogen-bond acceptors (Lipinski definition) is 3. The van der Waals surface area contributed by atoms with Crippen molar-refractivity contribution in [2.75, 3.05) is 13.2 Å². The molecule has 1 heterocycles. The summed E-state index contributed by atoms with van der Waals surface area (Å²) in [5.41, 5.74) is 8.84. The summed E-state index contributed by atoms with van der Waals surface area (Å²) in [5.74, 6) is 0.610. The Balaban J connectivity index is 2.17. The SMILES string of the molecule is [N-]=[N+]=Nc1ccccc1OC1COC1. The molecule has 1 fully saturated rings. The molecule has 0 N–H and O–H groups in total. The predicted molar refractivity (Wildman–Crippen MR) is 50.5 cm³/mol. The average molecular weight is 191 g/mol. The Morgan fingerprint density at radius 2 is 2.21 bits per heavy atom. The van der Waals surface area contributed by atoms with E-state index in [0.29, 0.717) is 24.7 Å². The predicted octanol–water partition coefficient (Wildman–Crippen LogP) is 2.41. The van der Waals surface area contributed by atoms with E-state index in [9.17, 15) is 0 Å². The van der Waals surface area contributed by atoms with Crippen molar-refractivity contribution in [3.05, 3.63) is 34.7 Å². The van der Waals surface area contributed by atoms with Crippen molar-refractivity contribution >= 4 is 5.69 Å². The molecule has 1 saturated heterocycles. The van der Waals surface area contributed by atoms with Gasteiger partial charge in [-0.05, 0) is 17.7 Å². The highest BCUT2D eigenvalue weighted by molar-refractivity contribution is 5.51. The lowest BCUT2D eigenvalue weighted by atomic mass is 10.3. The van der Waals surface area contributed by atoms with Gasteiger partial charge in [-0.15, -0.1) is 0 Å². The van der Waals surface area contributed by atoms with Crippen LogP contribution in [-0.4, -0.2) is 19.3 Å². The lowest BCUT2D eigenvalue weighted by Crippen LogP contribution is -2.38. The van der Waals surface area contributed by atoms with Gasteiger partial charge in [-0.1, -0.05) is 17.2 Å². The standard InChI is InChI=1S/C9H9N3O2/c10-12-11-8-3-1-2-4-9(8)14-7-5-13-6-7/h1-4,7H,5-6H2. The number of ether oxygens (including phenoxy) is 2. The summed E-state index contributed by atoms with van der Waals surface area (Å²) < 4.78 is 10.5. The molecule has 5 nitrogen and oxygen atoms in total. The first kappa shape index (κ1) is 8.87. The molecule has 0 radical (unpaired) electrons. The van der Waals surface area contributed by atoms with Gasteiger partial charge in [0.1, 0.15) is 11.9 Å². The van der Waals surface area contributed by atoms with Crippen LogP contribution in [0, 0.1) is 0 Å². The van der Waals surface area contributed by atoms with Crippen molar-refractivity contribution in [2.24, 2.45) is 5.11 Å². The van der Waals surface area contributed by atoms with E-state index in [1.165, 1.54) is 0 Å². The first-order valence-electron chi connectivity index (χ1n) is 4.28. The van der Waals surface area contributed by atoms with Crippen molar-refractivity contribution in [2.45, 2.75) is 6.10 Å². The molecular formula is C9H9N3O2. The fourth-order valence-electron chi connectivity index (χ4n) is 1.15. The van der Waals surface area contributed by atoms with Crippen molar-refractivity contribution in [3.63, 3.8) is 0 Å². The Bertz CT molecular complexity index is 370. The minimum Gasteiger partial charge on any atom is -0.485 e. The Morgan fingerprint density at radius 3 is 2.86 bits per heavy atom. The molecular weight excluding hydrogens is 182 g/mol. The Morgan fingerprint density at radius 1 is 1.43 bits per heavy atom. The smallest absolute Gasteiger partial charge is 0.145 e. The molecule has 2 rings (SSSR count). The van der Waals surface area contributed by atoms with E-state index in [1.54, 1.807) is 18.2 Å². The van der Waals surface area contributed by atoms with Crippen LogP contribution in [0.15, 0.2) is 29.4 Å². The molecule has 0 spiro atoms. The molecule has 1 aliphatic heterocycles. The summed E-state index contributed by atoms with van der Waals surface area (Å²) in [5, 5.41) is 3.53. The zero-order chi connectivity index (χ0) is 9.80. The monoisotopic (exact) mass is 191 g/mol. The quantitative estimate of drug-likeness (QED) is 0.418. The van der Waals surface area contributed by atoms with E-state index in [2.05, 4.69) is 10.0 Å². The Kier molecular flexibility index (Phi) is 2.53. The third-order valence-electron chi connectivity index (χ3n) is 1.92. The normalized spacial score (nSPS) is 15.4. The van der Waals surface area contributed by atoms with Gasteiger partial charge in [-0.3, -0.25) is 0 Å². The second kappa shape index (κ2) is 4.00. The summed E-state index contributed by atoms with van der Waals surface area (Å²) in [6.07, 6.45) is 0.0880. The highest BCUT2D eigenvalue weighted by Gasteiger charge is 2.20. The lowest BCUT2D eigenvalue weighted by Gasteiger charge is -2.27. The largest absolute Gasteiger partial charge is 0.485 e. The zero-order valence-electron chi connectivity index (χ0n) is 7.46. The maximum absolute atomic E-state index is 8.33. The molecule has 5 heteroatoms. The van der Waals surface area contributed by atoms with Gasteiger partial charge in [0, 0.05) is 4.91 Å². The van der Waals surface area contributed by atoms with Crippen molar-refractivity contribution in [1.82, 2.24) is 0 Å². The first-order chi connectivity index (χ1) is 6.90. The molecule has 0 bridgehead atoms. The number of rotatable bonds is 3. The lowest BCUT2D eigenvalue weighted by molar-refractivity contribution is -0.0794. The number of nitrogens with zero attached hydrogens (tertiary/aromatic N) is 3. The molecule has 0 amide bonds. The van der Waals surface area contributed by atoms with Crippen LogP contribution in [0.4, 0.5) is 5.69 Å². The highest BCUT2D eigenvalue weighted by atomic mass is 16.6. The van der Waals surface area contributed by atoms with E-state index < -0.39 is 0 Å². The summed E-state index contributed by atoms with van der Waals surface area (Å²) in [4.78, 5) is 2.73. The van der Waals surface area contributed by atoms with Gasteiger partial charge in [0.15, 0.2) is 0 Å². The first-order valence-corrected chi connectivity index (χ1v) is 4.28. The molecule has 14 heavy (non-hydrogen) atoms. The van der Waals surface area contributed by atoms with Crippen LogP contribution in [0.5, 0.6) is 5.75 Å². The Hall–Kier alpha value is -1.71. The molecule has 0 saturated carbocycles. The maximum atomic E-state index is 8.33. The number of para-hydroxylation sites is 1. The topological polar surface area (TPSA) is 67.2 Å². The van der Waals surface area contributed by atoms with E-state index in [4.69, 9.17) is 15.0 Å². The summed E-state index contributed by atoms with van der Waals surface area (Å²) >= 11 is 0. The van der Waals surface area contributed by atoms with Crippen LogP contribution in [-0.2, 0) is 4.74 Å². The van der Waals surface area contributed by atoms with Gasteiger partial charge in [0.25, 0.3) is 0 Å². The van der Waals surface area contributed by atoms with Crippen LogP contribution >= 0.6 is 0 Å². The molecule has 0 atom stereocenters. The molecule has 1 aromatic carbocycles. The molecule has 72 valence electrons. The van der Waals surface area contributed by atoms with Crippen molar-refractivity contribution < 1.29 is 9.47 Å². The van der Waals surface area contributed by atoms with Crippen LogP contribution in [0.3, 0.4) is 0 Å². The minimum atomic E-state index is 0.0880. The van der Waals surface area contributed by atoms with Crippen LogP contribution in [0.25, 0.3) is 10.4 Å². The Labute approximate surface area is 80.9 Å². The third kappa shape index (κ3) is 1.79. The second-order valence-electron chi connectivity index (χ2n) is 2.93. The average Bonchev–Trinajstić information content (AvgIpc) is 2.14. The summed E-state index contributed by atoms with van der Waals surface area (Å²) in [6.45, 7) is 1.20. The summed E-state index contributed by atoms with van der Waals surface area (Å²) in [6, 6.07) is 7.14. The molecule has 1 aromatic rings. The maximum Gasteiger partial charge on any atom is 0.145 e. The summed E-state index contributed by atoms with van der Waals surface area (Å²) in [7, 11) is 0. The molecule has 1 aliphatic rings. The van der Waals surface area contributed by atoms with Gasteiger partial charge in [-0.2, -0.15) is 0 Å². The number of hydrogen-bond donors (Lipinski definition) is 0. The van der Waals surface area contributed by atoms with Gasteiger partial charge >= 0.3 is 0 Å². The zero-order valence-corrected chi connectivity index (χ0v) is 7.46.